The predicted octanol–water partition coefficient (Wildman–Crippen LogP) is 1.77. The first-order chi connectivity index (χ1) is 6.35. The van der Waals surface area contributed by atoms with Crippen molar-refractivity contribution in [3.8, 4) is 6.07 Å². The summed E-state index contributed by atoms with van der Waals surface area (Å²) in [5.41, 5.74) is -0.464. The molecule has 4 heteroatoms. The quantitative estimate of drug-likeness (QED) is 0.593. The second kappa shape index (κ2) is 3.49. The van der Waals surface area contributed by atoms with Crippen LogP contribution in [0, 0.1) is 17.2 Å². The molecule has 2 atom stereocenters. The van der Waals surface area contributed by atoms with E-state index in [0.29, 0.717) is 6.54 Å². The fourth-order valence-corrected chi connectivity index (χ4v) is 1.32. The van der Waals surface area contributed by atoms with Gasteiger partial charge in [0.05, 0.1) is 12.0 Å². The molecule has 1 heterocycles. The first-order valence-corrected chi connectivity index (χ1v) is 4.74. The Bertz CT molecular complexity index is 275. The van der Waals surface area contributed by atoms with Gasteiger partial charge < -0.3 is 9.64 Å². The molecule has 1 aliphatic rings. The Balaban J connectivity index is 2.47. The largest absolute Gasteiger partial charge is 0.444 e. The molecule has 0 N–H and O–H groups in total. The zero-order valence-electron chi connectivity index (χ0n) is 9.07. The Kier molecular flexibility index (Phi) is 2.70. The van der Waals surface area contributed by atoms with Gasteiger partial charge in [0.25, 0.3) is 0 Å². The monoisotopic (exact) mass is 196 g/mol. The van der Waals surface area contributed by atoms with Crippen molar-refractivity contribution in [3.63, 3.8) is 0 Å². The molecule has 0 aromatic heterocycles. The van der Waals surface area contributed by atoms with Crippen LogP contribution in [-0.4, -0.2) is 29.2 Å². The van der Waals surface area contributed by atoms with Gasteiger partial charge in [-0.05, 0) is 27.7 Å². The van der Waals surface area contributed by atoms with Crippen LogP contribution < -0.4 is 0 Å². The summed E-state index contributed by atoms with van der Waals surface area (Å²) in [5, 5.41) is 8.66. The summed E-state index contributed by atoms with van der Waals surface area (Å²) in [5.74, 6) is -0.0393. The van der Waals surface area contributed by atoms with Crippen molar-refractivity contribution in [3.05, 3.63) is 0 Å². The highest BCUT2D eigenvalue weighted by molar-refractivity contribution is 5.70. The van der Waals surface area contributed by atoms with E-state index in [4.69, 9.17) is 10.00 Å². The van der Waals surface area contributed by atoms with Crippen LogP contribution in [0.5, 0.6) is 0 Å². The van der Waals surface area contributed by atoms with Gasteiger partial charge in [-0.25, -0.2) is 4.79 Å². The second-order valence-electron chi connectivity index (χ2n) is 4.61. The van der Waals surface area contributed by atoms with Crippen molar-refractivity contribution in [2.45, 2.75) is 39.3 Å². The standard InChI is InChI=1S/C10H16N2O2/c1-7-8(5-11)6-12(7)9(13)14-10(2,3)4/h7-8H,6H2,1-4H3. The minimum atomic E-state index is -0.464. The summed E-state index contributed by atoms with van der Waals surface area (Å²) >= 11 is 0. The lowest BCUT2D eigenvalue weighted by atomic mass is 9.92. The number of likely N-dealkylation sites (tertiary alicyclic amines) is 1. The highest BCUT2D eigenvalue weighted by Gasteiger charge is 2.40. The number of hydrogen-bond acceptors (Lipinski definition) is 3. The third-order valence-electron chi connectivity index (χ3n) is 2.26. The number of hydrogen-bond donors (Lipinski definition) is 0. The van der Waals surface area contributed by atoms with Gasteiger partial charge in [-0.1, -0.05) is 0 Å². The van der Waals surface area contributed by atoms with Gasteiger partial charge >= 0.3 is 6.09 Å². The van der Waals surface area contributed by atoms with Gasteiger partial charge in [0.15, 0.2) is 0 Å². The van der Waals surface area contributed by atoms with Crippen LogP contribution in [0.25, 0.3) is 0 Å². The lowest BCUT2D eigenvalue weighted by Gasteiger charge is -2.42. The molecular weight excluding hydrogens is 180 g/mol. The van der Waals surface area contributed by atoms with Crippen LogP contribution in [0.3, 0.4) is 0 Å². The molecule has 78 valence electrons. The molecule has 0 bridgehead atoms. The minimum Gasteiger partial charge on any atom is -0.444 e. The number of nitrogens with zero attached hydrogens (tertiary/aromatic N) is 2. The summed E-state index contributed by atoms with van der Waals surface area (Å²) in [6, 6.07) is 2.13. The van der Waals surface area contributed by atoms with E-state index in [-0.39, 0.29) is 18.1 Å². The normalized spacial score (nSPS) is 26.4. The summed E-state index contributed by atoms with van der Waals surface area (Å²) in [7, 11) is 0. The first-order valence-electron chi connectivity index (χ1n) is 4.74. The number of rotatable bonds is 0. The van der Waals surface area contributed by atoms with E-state index in [1.54, 1.807) is 4.90 Å². The smallest absolute Gasteiger partial charge is 0.410 e. The first kappa shape index (κ1) is 10.8. The molecule has 1 saturated heterocycles. The average Bonchev–Trinajstić information content (AvgIpc) is 1.99. The van der Waals surface area contributed by atoms with E-state index in [0.717, 1.165) is 0 Å². The maximum absolute atomic E-state index is 11.5. The third-order valence-corrected chi connectivity index (χ3v) is 2.26. The van der Waals surface area contributed by atoms with Crippen molar-refractivity contribution >= 4 is 6.09 Å². The zero-order valence-corrected chi connectivity index (χ0v) is 9.07. The third kappa shape index (κ3) is 2.16. The highest BCUT2D eigenvalue weighted by atomic mass is 16.6. The number of carbonyl (C=O) groups excluding carboxylic acids is 1. The van der Waals surface area contributed by atoms with Crippen molar-refractivity contribution in [2.75, 3.05) is 6.54 Å². The van der Waals surface area contributed by atoms with Crippen LogP contribution in [0.15, 0.2) is 0 Å². The lowest BCUT2D eigenvalue weighted by molar-refractivity contribution is -0.0139. The molecule has 1 fully saturated rings. The molecule has 1 aliphatic heterocycles. The van der Waals surface area contributed by atoms with Gasteiger partial charge in [0.1, 0.15) is 5.60 Å². The SMILES string of the molecule is CC1C(C#N)CN1C(=O)OC(C)(C)C. The zero-order chi connectivity index (χ0) is 10.9. The van der Waals surface area contributed by atoms with Gasteiger partial charge in [-0.15, -0.1) is 0 Å². The molecule has 14 heavy (non-hydrogen) atoms. The Hall–Kier alpha value is -1.24. The fraction of sp³-hybridized carbons (Fsp3) is 0.800. The van der Waals surface area contributed by atoms with E-state index < -0.39 is 5.60 Å². The van der Waals surface area contributed by atoms with E-state index in [2.05, 4.69) is 6.07 Å². The summed E-state index contributed by atoms with van der Waals surface area (Å²) in [6.45, 7) is 7.85. The number of carbonyl (C=O) groups is 1. The lowest BCUT2D eigenvalue weighted by Crippen LogP contribution is -2.57. The van der Waals surface area contributed by atoms with E-state index in [9.17, 15) is 4.79 Å². The second-order valence-corrected chi connectivity index (χ2v) is 4.61. The average molecular weight is 196 g/mol. The van der Waals surface area contributed by atoms with Crippen LogP contribution in [0.2, 0.25) is 0 Å². The summed E-state index contributed by atoms with van der Waals surface area (Å²) < 4.78 is 5.18. The van der Waals surface area contributed by atoms with E-state index in [1.165, 1.54) is 0 Å². The van der Waals surface area contributed by atoms with E-state index in [1.807, 2.05) is 27.7 Å². The molecule has 0 spiro atoms. The minimum absolute atomic E-state index is 0.0187. The van der Waals surface area contributed by atoms with E-state index >= 15 is 0 Å². The van der Waals surface area contributed by atoms with Gasteiger partial charge in [-0.2, -0.15) is 5.26 Å². The van der Waals surface area contributed by atoms with Crippen LogP contribution in [-0.2, 0) is 4.74 Å². The highest BCUT2D eigenvalue weighted by Crippen LogP contribution is 2.25. The molecule has 1 rings (SSSR count). The number of amides is 1. The molecular formula is C10H16N2O2. The van der Waals surface area contributed by atoms with Crippen LogP contribution in [0.1, 0.15) is 27.7 Å². The summed E-state index contributed by atoms with van der Waals surface area (Å²) in [4.78, 5) is 13.1. The van der Waals surface area contributed by atoms with Crippen molar-refractivity contribution in [2.24, 2.45) is 5.92 Å². The predicted molar refractivity (Wildman–Crippen MR) is 51.5 cm³/mol. The summed E-state index contributed by atoms with van der Waals surface area (Å²) in [6.07, 6.45) is -0.323. The molecule has 2 unspecified atom stereocenters. The topological polar surface area (TPSA) is 53.3 Å². The fourth-order valence-electron chi connectivity index (χ4n) is 1.32. The van der Waals surface area contributed by atoms with Crippen LogP contribution >= 0.6 is 0 Å². The van der Waals surface area contributed by atoms with Crippen molar-refractivity contribution in [1.29, 1.82) is 5.26 Å². The Morgan fingerprint density at radius 3 is 2.50 bits per heavy atom. The Labute approximate surface area is 84.4 Å². The van der Waals surface area contributed by atoms with Crippen molar-refractivity contribution in [1.82, 2.24) is 4.90 Å². The van der Waals surface area contributed by atoms with Gasteiger partial charge in [0, 0.05) is 12.6 Å². The van der Waals surface area contributed by atoms with Crippen LogP contribution in [0.4, 0.5) is 4.79 Å². The van der Waals surface area contributed by atoms with Gasteiger partial charge in [-0.3, -0.25) is 0 Å². The molecule has 4 nitrogen and oxygen atoms in total. The molecule has 0 aliphatic carbocycles. The van der Waals surface area contributed by atoms with Gasteiger partial charge in [0.2, 0.25) is 0 Å². The maximum atomic E-state index is 11.5. The van der Waals surface area contributed by atoms with Crippen molar-refractivity contribution < 1.29 is 9.53 Å². The molecule has 1 amide bonds. The number of nitriles is 1. The molecule has 0 radical (unpaired) electrons. The maximum Gasteiger partial charge on any atom is 0.410 e. The molecule has 0 aromatic rings. The molecule has 0 saturated carbocycles. The number of ether oxygens (including phenoxy) is 1. The Morgan fingerprint density at radius 2 is 2.14 bits per heavy atom. The Morgan fingerprint density at radius 1 is 1.57 bits per heavy atom. The molecule has 0 aromatic carbocycles.